The van der Waals surface area contributed by atoms with Crippen molar-refractivity contribution in [1.29, 1.82) is 0 Å². The fourth-order valence-corrected chi connectivity index (χ4v) is 5.92. The molecule has 1 rings (SSSR count). The second kappa shape index (κ2) is 36.2. The first-order chi connectivity index (χ1) is 29.0. The van der Waals surface area contributed by atoms with E-state index in [1.165, 1.54) is 0 Å². The molecular formula is C42H80N10O8. The lowest BCUT2D eigenvalue weighted by Gasteiger charge is -2.33. The molecule has 0 aliphatic rings. The highest BCUT2D eigenvalue weighted by Crippen LogP contribution is 2.12. The van der Waals surface area contributed by atoms with E-state index in [2.05, 4.69) is 36.0 Å². The van der Waals surface area contributed by atoms with E-state index >= 15 is 0 Å². The summed E-state index contributed by atoms with van der Waals surface area (Å²) in [6, 6.07) is 9.27. The number of nitrogens with zero attached hydrogens (tertiary/aromatic N) is 3. The van der Waals surface area contributed by atoms with Gasteiger partial charge < -0.3 is 72.1 Å². The molecule has 0 heterocycles. The largest absolute Gasteiger partial charge is 0.445 e. The molecule has 10 N–H and O–H groups in total. The van der Waals surface area contributed by atoms with Crippen LogP contribution in [0.15, 0.2) is 30.3 Å². The predicted molar refractivity (Wildman–Crippen MR) is 235 cm³/mol. The van der Waals surface area contributed by atoms with Crippen LogP contribution in [0.4, 0.5) is 4.79 Å². The number of benzene rings is 1. The molecule has 60 heavy (non-hydrogen) atoms. The van der Waals surface area contributed by atoms with Crippen molar-refractivity contribution in [1.82, 2.24) is 36.0 Å². The highest BCUT2D eigenvalue weighted by atomic mass is 16.6. The van der Waals surface area contributed by atoms with Gasteiger partial charge in [-0.15, -0.1) is 0 Å². The molecule has 0 saturated heterocycles. The Hall–Kier alpha value is -3.46. The van der Waals surface area contributed by atoms with Crippen LogP contribution in [0, 0.1) is 0 Å². The normalized spacial score (nSPS) is 11.6. The van der Waals surface area contributed by atoms with E-state index in [1.807, 2.05) is 51.5 Å². The molecule has 0 bridgehead atoms. The molecule has 0 saturated carbocycles. The van der Waals surface area contributed by atoms with Gasteiger partial charge in [-0.05, 0) is 124 Å². The first-order valence-corrected chi connectivity index (χ1v) is 21.7. The molecule has 1 aromatic carbocycles. The van der Waals surface area contributed by atoms with Gasteiger partial charge in [-0.1, -0.05) is 30.3 Å². The van der Waals surface area contributed by atoms with Gasteiger partial charge in [-0.25, -0.2) is 4.79 Å². The van der Waals surface area contributed by atoms with Crippen LogP contribution in [0.2, 0.25) is 0 Å². The van der Waals surface area contributed by atoms with Crippen molar-refractivity contribution in [2.75, 3.05) is 139 Å². The number of nitrogens with one attached hydrogen (secondary N) is 4. The minimum absolute atomic E-state index is 0.0280. The third kappa shape index (κ3) is 30.5. The van der Waals surface area contributed by atoms with Crippen LogP contribution in [-0.2, 0) is 39.9 Å². The monoisotopic (exact) mass is 853 g/mol. The zero-order chi connectivity index (χ0) is 44.1. The Kier molecular flexibility index (Phi) is 32.9. The van der Waals surface area contributed by atoms with Crippen molar-refractivity contribution < 1.29 is 38.1 Å². The maximum absolute atomic E-state index is 13.3. The quantitative estimate of drug-likeness (QED) is 0.0439. The Balaban J connectivity index is 2.88. The predicted octanol–water partition coefficient (Wildman–Crippen LogP) is 0.232. The van der Waals surface area contributed by atoms with Crippen LogP contribution in [0.5, 0.6) is 0 Å². The fourth-order valence-electron chi connectivity index (χ4n) is 5.92. The average molecular weight is 853 g/mol. The van der Waals surface area contributed by atoms with Gasteiger partial charge >= 0.3 is 6.09 Å². The Bertz CT molecular complexity index is 1150. The summed E-state index contributed by atoms with van der Waals surface area (Å²) in [5, 5.41) is 11.7. The van der Waals surface area contributed by atoms with Gasteiger partial charge in [0.25, 0.3) is 0 Å². The van der Waals surface area contributed by atoms with Crippen molar-refractivity contribution in [3.05, 3.63) is 35.9 Å². The van der Waals surface area contributed by atoms with Gasteiger partial charge in [0, 0.05) is 38.9 Å². The lowest BCUT2D eigenvalue weighted by Crippen LogP contribution is -2.59. The van der Waals surface area contributed by atoms with Gasteiger partial charge in [0.05, 0.1) is 39.6 Å². The lowest BCUT2D eigenvalue weighted by molar-refractivity contribution is -0.122. The lowest BCUT2D eigenvalue weighted by atomic mass is 10.0. The Labute approximate surface area is 359 Å². The van der Waals surface area contributed by atoms with E-state index in [0.717, 1.165) is 83.4 Å². The Morgan fingerprint density at radius 1 is 0.550 bits per heavy atom. The van der Waals surface area contributed by atoms with E-state index in [-0.39, 0.29) is 83.2 Å². The number of rotatable bonds is 39. The third-order valence-corrected chi connectivity index (χ3v) is 9.48. The van der Waals surface area contributed by atoms with Crippen molar-refractivity contribution in [3.8, 4) is 0 Å². The first kappa shape index (κ1) is 54.6. The molecule has 0 aliphatic heterocycles. The molecule has 0 aliphatic carbocycles. The van der Waals surface area contributed by atoms with E-state index in [1.54, 1.807) is 0 Å². The number of ether oxygens (including phenoxy) is 4. The van der Waals surface area contributed by atoms with Crippen molar-refractivity contribution >= 4 is 23.8 Å². The number of nitrogens with two attached hydrogens (primary N) is 3. The fraction of sp³-hybridized carbons (Fsp3) is 0.762. The summed E-state index contributed by atoms with van der Waals surface area (Å²) in [7, 11) is 6.08. The molecule has 4 amide bonds. The minimum atomic E-state index is -1.28. The highest BCUT2D eigenvalue weighted by Gasteiger charge is 2.35. The number of carbonyl (C=O) groups excluding carboxylic acids is 4. The van der Waals surface area contributed by atoms with Crippen LogP contribution >= 0.6 is 0 Å². The second-order valence-electron chi connectivity index (χ2n) is 15.3. The van der Waals surface area contributed by atoms with E-state index in [4.69, 9.17) is 36.1 Å². The maximum atomic E-state index is 13.3. The van der Waals surface area contributed by atoms with Gasteiger partial charge in [-0.2, -0.15) is 0 Å². The van der Waals surface area contributed by atoms with Gasteiger partial charge in [0.15, 0.2) is 0 Å². The Morgan fingerprint density at radius 3 is 1.25 bits per heavy atom. The second-order valence-corrected chi connectivity index (χ2v) is 15.3. The van der Waals surface area contributed by atoms with Gasteiger partial charge in [0.2, 0.25) is 17.7 Å². The average Bonchev–Trinajstić information content (AvgIpc) is 3.24. The van der Waals surface area contributed by atoms with Crippen LogP contribution < -0.4 is 38.5 Å². The molecule has 1 aromatic rings. The Morgan fingerprint density at radius 2 is 0.900 bits per heavy atom. The molecule has 0 fully saturated rings. The maximum Gasteiger partial charge on any atom is 0.408 e. The number of amides is 4. The summed E-state index contributed by atoms with van der Waals surface area (Å²) in [6.07, 6.45) is 4.75. The van der Waals surface area contributed by atoms with E-state index in [9.17, 15) is 19.2 Å². The number of alkyl carbamates (subject to hydrolysis) is 1. The van der Waals surface area contributed by atoms with Gasteiger partial charge in [0.1, 0.15) is 12.1 Å². The summed E-state index contributed by atoms with van der Waals surface area (Å²) in [5.41, 5.74) is 16.3. The smallest absolute Gasteiger partial charge is 0.408 e. The van der Waals surface area contributed by atoms with Crippen LogP contribution in [0.1, 0.15) is 63.4 Å². The van der Waals surface area contributed by atoms with Crippen LogP contribution in [-0.4, -0.2) is 183 Å². The number of hydrogen-bond acceptors (Lipinski definition) is 14. The van der Waals surface area contributed by atoms with Crippen LogP contribution in [0.25, 0.3) is 0 Å². The molecule has 0 atom stereocenters. The van der Waals surface area contributed by atoms with E-state index < -0.39 is 11.6 Å². The topological polar surface area (TPSA) is 241 Å². The summed E-state index contributed by atoms with van der Waals surface area (Å²) in [4.78, 5) is 57.7. The third-order valence-electron chi connectivity index (χ3n) is 9.48. The zero-order valence-electron chi connectivity index (χ0n) is 37.0. The SMILES string of the molecule is CN(CCCN)CCCNC(=O)CCOCC(COCCC(=O)NCCCN(C)CCCN)(COCCC(=O)NCCCN(C)CCCN)NC(=O)OCc1ccccc1. The van der Waals surface area contributed by atoms with Crippen molar-refractivity contribution in [3.63, 3.8) is 0 Å². The van der Waals surface area contributed by atoms with Crippen molar-refractivity contribution in [2.45, 2.75) is 69.9 Å². The molecule has 18 nitrogen and oxygen atoms in total. The summed E-state index contributed by atoms with van der Waals surface area (Å²) in [5.74, 6) is -0.474. The zero-order valence-corrected chi connectivity index (χ0v) is 37.0. The summed E-state index contributed by atoms with van der Waals surface area (Å²) >= 11 is 0. The van der Waals surface area contributed by atoms with Crippen molar-refractivity contribution in [2.24, 2.45) is 17.2 Å². The van der Waals surface area contributed by atoms with Gasteiger partial charge in [-0.3, -0.25) is 14.4 Å². The highest BCUT2D eigenvalue weighted by molar-refractivity contribution is 5.76. The van der Waals surface area contributed by atoms with E-state index in [0.29, 0.717) is 39.3 Å². The minimum Gasteiger partial charge on any atom is -0.445 e. The molecule has 0 spiro atoms. The molecular weight excluding hydrogens is 773 g/mol. The standard InChI is InChI=1S/C42H80N10O8/c1-50(24-7-18-43)27-10-21-46-38(53)15-30-57-34-42(49-41(56)60-33-37-13-5-4-6-14-37,35-58-31-16-39(54)47-22-11-28-51(2)25-8-19-44)36-59-32-17-40(55)48-23-12-29-52(3)26-9-20-45/h4-6,13-14H,7-12,15-36,43-45H2,1-3H3,(H,46,53)(H,47,54)(H,48,55)(H,49,56). The number of hydrogen-bond donors (Lipinski definition) is 7. The first-order valence-electron chi connectivity index (χ1n) is 21.7. The summed E-state index contributed by atoms with van der Waals surface area (Å²) < 4.78 is 23.6. The van der Waals surface area contributed by atoms with Crippen LogP contribution in [0.3, 0.4) is 0 Å². The molecule has 346 valence electrons. The number of carbonyl (C=O) groups is 4. The molecule has 18 heteroatoms. The molecule has 0 unspecified atom stereocenters. The molecule has 0 aromatic heterocycles. The summed E-state index contributed by atoms with van der Waals surface area (Å²) in [6.45, 7) is 8.71. The molecule has 0 radical (unpaired) electrons.